The van der Waals surface area contributed by atoms with E-state index < -0.39 is 12.0 Å². The quantitative estimate of drug-likeness (QED) is 0.727. The number of primary amides is 1. The van der Waals surface area contributed by atoms with Gasteiger partial charge in [-0.05, 0) is 49.9 Å². The Kier molecular flexibility index (Phi) is 5.76. The number of amides is 1. The molecule has 0 bridgehead atoms. The fraction of sp³-hybridized carbons (Fsp3) is 0.412. The molecule has 124 valence electrons. The van der Waals surface area contributed by atoms with Crippen LogP contribution in [0.1, 0.15) is 34.5 Å². The smallest absolute Gasteiger partial charge is 0.268 e. The standard InChI is InChI=1S/C17H23N3O3/c1-12-5-6-15(8-13(12)2)23-7-3-4-14(21)9-20-10-16(17(18)22)19-11-20/h5-6,8,10-11,14,21H,3-4,7,9H2,1-2H3,(H2,18,22). The minimum atomic E-state index is -0.569. The number of hydrogen-bond donors (Lipinski definition) is 2. The van der Waals surface area contributed by atoms with Crippen LogP contribution in [-0.2, 0) is 6.54 Å². The molecular formula is C17H23N3O3. The van der Waals surface area contributed by atoms with Gasteiger partial charge in [0, 0.05) is 12.7 Å². The van der Waals surface area contributed by atoms with Crippen molar-refractivity contribution in [2.24, 2.45) is 5.73 Å². The summed E-state index contributed by atoms with van der Waals surface area (Å²) in [5.41, 5.74) is 7.78. The Bertz CT molecular complexity index is 667. The lowest BCUT2D eigenvalue weighted by molar-refractivity contribution is 0.0995. The monoisotopic (exact) mass is 317 g/mol. The number of carbonyl (C=O) groups is 1. The van der Waals surface area contributed by atoms with E-state index in [2.05, 4.69) is 18.8 Å². The van der Waals surface area contributed by atoms with Crippen molar-refractivity contribution >= 4 is 5.91 Å². The highest BCUT2D eigenvalue weighted by molar-refractivity contribution is 5.90. The third kappa shape index (κ3) is 5.10. The van der Waals surface area contributed by atoms with E-state index in [9.17, 15) is 9.90 Å². The highest BCUT2D eigenvalue weighted by Gasteiger charge is 2.09. The lowest BCUT2D eigenvalue weighted by Crippen LogP contribution is -2.16. The van der Waals surface area contributed by atoms with E-state index in [1.165, 1.54) is 23.7 Å². The van der Waals surface area contributed by atoms with Crippen molar-refractivity contribution in [1.29, 1.82) is 0 Å². The molecule has 23 heavy (non-hydrogen) atoms. The number of aliphatic hydroxyl groups excluding tert-OH is 1. The SMILES string of the molecule is Cc1ccc(OCCCC(O)Cn2cnc(C(N)=O)c2)cc1C. The van der Waals surface area contributed by atoms with Gasteiger partial charge in [0.1, 0.15) is 11.4 Å². The Balaban J connectivity index is 1.70. The van der Waals surface area contributed by atoms with Crippen molar-refractivity contribution in [3.8, 4) is 5.75 Å². The molecule has 0 aliphatic rings. The van der Waals surface area contributed by atoms with Crippen molar-refractivity contribution in [3.05, 3.63) is 47.5 Å². The molecule has 1 atom stereocenters. The lowest BCUT2D eigenvalue weighted by atomic mass is 10.1. The van der Waals surface area contributed by atoms with Gasteiger partial charge in [0.2, 0.25) is 0 Å². The molecule has 0 radical (unpaired) electrons. The van der Waals surface area contributed by atoms with Gasteiger partial charge >= 0.3 is 0 Å². The second-order valence-electron chi connectivity index (χ2n) is 5.71. The zero-order valence-corrected chi connectivity index (χ0v) is 13.5. The Morgan fingerprint density at radius 3 is 2.83 bits per heavy atom. The topological polar surface area (TPSA) is 90.4 Å². The predicted octanol–water partition coefficient (Wildman–Crippen LogP) is 1.82. The van der Waals surface area contributed by atoms with Crippen molar-refractivity contribution in [2.75, 3.05) is 6.61 Å². The molecule has 1 heterocycles. The first kappa shape index (κ1) is 17.0. The molecule has 1 aromatic heterocycles. The second kappa shape index (κ2) is 7.78. The summed E-state index contributed by atoms with van der Waals surface area (Å²) in [5.74, 6) is 0.281. The van der Waals surface area contributed by atoms with Crippen LogP contribution >= 0.6 is 0 Å². The minimum Gasteiger partial charge on any atom is -0.494 e. The number of hydrogen-bond acceptors (Lipinski definition) is 4. The van der Waals surface area contributed by atoms with E-state index in [0.29, 0.717) is 19.6 Å². The van der Waals surface area contributed by atoms with Gasteiger partial charge < -0.3 is 20.1 Å². The van der Waals surface area contributed by atoms with E-state index in [0.717, 1.165) is 12.2 Å². The maximum absolute atomic E-state index is 11.0. The first-order valence-electron chi connectivity index (χ1n) is 7.65. The van der Waals surface area contributed by atoms with E-state index in [4.69, 9.17) is 10.5 Å². The van der Waals surface area contributed by atoms with Gasteiger partial charge in [0.15, 0.2) is 0 Å². The number of nitrogens with two attached hydrogens (primary N) is 1. The fourth-order valence-electron chi connectivity index (χ4n) is 2.23. The van der Waals surface area contributed by atoms with E-state index in [1.54, 1.807) is 4.57 Å². The summed E-state index contributed by atoms with van der Waals surface area (Å²) in [6.45, 7) is 5.05. The van der Waals surface area contributed by atoms with Crippen LogP contribution in [0.5, 0.6) is 5.75 Å². The number of imidazole rings is 1. The summed E-state index contributed by atoms with van der Waals surface area (Å²) in [5, 5.41) is 10.0. The number of carbonyl (C=O) groups excluding carboxylic acids is 1. The maximum Gasteiger partial charge on any atom is 0.268 e. The zero-order chi connectivity index (χ0) is 16.8. The third-order valence-corrected chi connectivity index (χ3v) is 3.74. The van der Waals surface area contributed by atoms with Gasteiger partial charge in [0.25, 0.3) is 5.91 Å². The fourth-order valence-corrected chi connectivity index (χ4v) is 2.23. The number of nitrogens with zero attached hydrogens (tertiary/aromatic N) is 2. The van der Waals surface area contributed by atoms with Gasteiger partial charge in [-0.2, -0.15) is 0 Å². The molecule has 3 N–H and O–H groups in total. The normalized spacial score (nSPS) is 12.1. The first-order chi connectivity index (χ1) is 11.0. The predicted molar refractivity (Wildman–Crippen MR) is 87.4 cm³/mol. The minimum absolute atomic E-state index is 0.204. The lowest BCUT2D eigenvalue weighted by Gasteiger charge is -2.12. The van der Waals surface area contributed by atoms with E-state index in [1.807, 2.05) is 18.2 Å². The van der Waals surface area contributed by atoms with Crippen LogP contribution in [0.4, 0.5) is 0 Å². The van der Waals surface area contributed by atoms with E-state index >= 15 is 0 Å². The highest BCUT2D eigenvalue weighted by Crippen LogP contribution is 2.16. The van der Waals surface area contributed by atoms with E-state index in [-0.39, 0.29) is 5.69 Å². The Morgan fingerprint density at radius 2 is 2.17 bits per heavy atom. The molecule has 6 nitrogen and oxygen atoms in total. The number of aliphatic hydroxyl groups is 1. The molecule has 0 saturated heterocycles. The Hall–Kier alpha value is -2.34. The van der Waals surface area contributed by atoms with Crippen LogP contribution in [0, 0.1) is 13.8 Å². The van der Waals surface area contributed by atoms with Gasteiger partial charge in [0.05, 0.1) is 19.0 Å². The molecule has 0 spiro atoms. The van der Waals surface area contributed by atoms with Crippen molar-refractivity contribution in [3.63, 3.8) is 0 Å². The third-order valence-electron chi connectivity index (χ3n) is 3.74. The number of aryl methyl sites for hydroxylation is 2. The molecule has 1 amide bonds. The summed E-state index contributed by atoms with van der Waals surface area (Å²) in [4.78, 5) is 14.8. The van der Waals surface area contributed by atoms with Crippen LogP contribution < -0.4 is 10.5 Å². The van der Waals surface area contributed by atoms with Gasteiger partial charge in [-0.15, -0.1) is 0 Å². The molecule has 2 aromatic rings. The van der Waals surface area contributed by atoms with Crippen molar-refractivity contribution in [2.45, 2.75) is 39.3 Å². The molecule has 6 heteroatoms. The first-order valence-corrected chi connectivity index (χ1v) is 7.65. The van der Waals surface area contributed by atoms with Crippen LogP contribution in [0.25, 0.3) is 0 Å². The molecule has 1 aromatic carbocycles. The van der Waals surface area contributed by atoms with Crippen molar-refractivity contribution in [1.82, 2.24) is 9.55 Å². The number of aromatic nitrogens is 2. The summed E-state index contributed by atoms with van der Waals surface area (Å²) in [7, 11) is 0. The average molecular weight is 317 g/mol. The van der Waals surface area contributed by atoms with Crippen LogP contribution in [0.2, 0.25) is 0 Å². The average Bonchev–Trinajstić information content (AvgIpc) is 2.96. The number of rotatable bonds is 8. The summed E-state index contributed by atoms with van der Waals surface area (Å²) < 4.78 is 7.35. The highest BCUT2D eigenvalue weighted by atomic mass is 16.5. The van der Waals surface area contributed by atoms with Gasteiger partial charge in [-0.1, -0.05) is 6.07 Å². The summed E-state index contributed by atoms with van der Waals surface area (Å²) >= 11 is 0. The largest absolute Gasteiger partial charge is 0.494 e. The number of ether oxygens (including phenoxy) is 1. The van der Waals surface area contributed by atoms with Gasteiger partial charge in [-0.25, -0.2) is 4.98 Å². The zero-order valence-electron chi connectivity index (χ0n) is 13.5. The molecule has 0 saturated carbocycles. The number of benzene rings is 1. The van der Waals surface area contributed by atoms with Crippen LogP contribution in [-0.4, -0.2) is 33.3 Å². The second-order valence-corrected chi connectivity index (χ2v) is 5.71. The maximum atomic E-state index is 11.0. The van der Waals surface area contributed by atoms with Crippen molar-refractivity contribution < 1.29 is 14.6 Å². The molecular weight excluding hydrogens is 294 g/mol. The van der Waals surface area contributed by atoms with Crippen LogP contribution in [0.15, 0.2) is 30.7 Å². The summed E-state index contributed by atoms with van der Waals surface area (Å²) in [6, 6.07) is 6.01. The molecule has 2 rings (SSSR count). The Morgan fingerprint density at radius 1 is 1.39 bits per heavy atom. The molecule has 0 fully saturated rings. The molecule has 0 aliphatic heterocycles. The molecule has 1 unspecified atom stereocenters. The van der Waals surface area contributed by atoms with Crippen LogP contribution in [0.3, 0.4) is 0 Å². The summed E-state index contributed by atoms with van der Waals surface area (Å²) in [6.07, 6.45) is 3.86. The van der Waals surface area contributed by atoms with Gasteiger partial charge in [-0.3, -0.25) is 4.79 Å². The molecule has 0 aliphatic carbocycles. The Labute approximate surface area is 135 Å².